The molecule has 136 valence electrons. The third-order valence-corrected chi connectivity index (χ3v) is 5.14. The van der Waals surface area contributed by atoms with Gasteiger partial charge in [-0.05, 0) is 47.9 Å². The number of hydrogen-bond acceptors (Lipinski definition) is 4. The maximum Gasteiger partial charge on any atom is 0.178 e. The number of hydrogen-bond donors (Lipinski definition) is 0. The Hall–Kier alpha value is -3.66. The molecule has 4 aromatic rings. The van der Waals surface area contributed by atoms with Crippen molar-refractivity contribution in [2.75, 3.05) is 16.5 Å². The van der Waals surface area contributed by atoms with Gasteiger partial charge in [-0.3, -0.25) is 0 Å². The van der Waals surface area contributed by atoms with Crippen molar-refractivity contribution in [3.8, 4) is 11.1 Å². The summed E-state index contributed by atoms with van der Waals surface area (Å²) in [6.07, 6.45) is 3.51. The lowest BCUT2D eigenvalue weighted by atomic mass is 10.0. The van der Waals surface area contributed by atoms with E-state index in [0.717, 1.165) is 23.0 Å². The van der Waals surface area contributed by atoms with E-state index in [4.69, 9.17) is 0 Å². The van der Waals surface area contributed by atoms with Gasteiger partial charge < -0.3 is 9.80 Å². The molecule has 0 bridgehead atoms. The minimum Gasteiger partial charge on any atom is -0.305 e. The van der Waals surface area contributed by atoms with Crippen molar-refractivity contribution in [3.05, 3.63) is 96.8 Å². The van der Waals surface area contributed by atoms with Gasteiger partial charge in [0, 0.05) is 23.8 Å². The van der Waals surface area contributed by atoms with Crippen molar-refractivity contribution in [3.63, 3.8) is 0 Å². The Kier molecular flexibility index (Phi) is 4.02. The molecular weight excluding hydrogens is 344 g/mol. The van der Waals surface area contributed by atoms with Gasteiger partial charge in [-0.15, -0.1) is 0 Å². The van der Waals surface area contributed by atoms with Crippen LogP contribution in [0.5, 0.6) is 0 Å². The summed E-state index contributed by atoms with van der Waals surface area (Å²) in [5.74, 6) is 1.77. The predicted molar refractivity (Wildman–Crippen MR) is 114 cm³/mol. The van der Waals surface area contributed by atoms with Crippen LogP contribution in [0.15, 0.2) is 91.3 Å². The van der Waals surface area contributed by atoms with Crippen molar-refractivity contribution >= 4 is 23.0 Å². The SMILES string of the molecule is Cc1ccccc1-c1cccc(N2CN(c3ccccc3)c3nccnc32)c1. The fourth-order valence-corrected chi connectivity index (χ4v) is 3.73. The van der Waals surface area contributed by atoms with Crippen LogP contribution in [-0.4, -0.2) is 16.6 Å². The summed E-state index contributed by atoms with van der Waals surface area (Å²) in [6.45, 7) is 2.83. The molecule has 4 heteroatoms. The molecule has 0 unspecified atom stereocenters. The van der Waals surface area contributed by atoms with E-state index in [-0.39, 0.29) is 0 Å². The van der Waals surface area contributed by atoms with Gasteiger partial charge in [0.1, 0.15) is 6.67 Å². The number of nitrogens with zero attached hydrogens (tertiary/aromatic N) is 4. The molecule has 1 aliphatic heterocycles. The molecule has 0 radical (unpaired) electrons. The van der Waals surface area contributed by atoms with Gasteiger partial charge in [0.25, 0.3) is 0 Å². The zero-order chi connectivity index (χ0) is 18.9. The molecule has 0 saturated heterocycles. The largest absolute Gasteiger partial charge is 0.305 e. The molecule has 0 N–H and O–H groups in total. The average Bonchev–Trinajstić information content (AvgIpc) is 3.15. The molecular formula is C24H20N4. The number of aryl methyl sites for hydroxylation is 1. The average molecular weight is 364 g/mol. The summed E-state index contributed by atoms with van der Waals surface area (Å²) < 4.78 is 0. The van der Waals surface area contributed by atoms with Crippen LogP contribution in [0.1, 0.15) is 5.56 Å². The Morgan fingerprint density at radius 2 is 1.32 bits per heavy atom. The monoisotopic (exact) mass is 364 g/mol. The highest BCUT2D eigenvalue weighted by molar-refractivity contribution is 5.83. The first-order valence-electron chi connectivity index (χ1n) is 9.38. The maximum absolute atomic E-state index is 4.63. The molecule has 1 aliphatic rings. The Labute approximate surface area is 164 Å². The highest BCUT2D eigenvalue weighted by Gasteiger charge is 2.30. The summed E-state index contributed by atoms with van der Waals surface area (Å²) in [5, 5.41) is 0. The normalized spacial score (nSPS) is 12.9. The van der Waals surface area contributed by atoms with Gasteiger partial charge in [0.2, 0.25) is 0 Å². The first-order valence-corrected chi connectivity index (χ1v) is 9.38. The molecule has 0 fully saturated rings. The molecule has 0 atom stereocenters. The number of anilines is 4. The van der Waals surface area contributed by atoms with Crippen LogP contribution < -0.4 is 9.80 Å². The summed E-state index contributed by atoms with van der Waals surface area (Å²) in [5.41, 5.74) is 5.96. The van der Waals surface area contributed by atoms with Crippen LogP contribution in [0.3, 0.4) is 0 Å². The van der Waals surface area contributed by atoms with E-state index in [9.17, 15) is 0 Å². The van der Waals surface area contributed by atoms with E-state index in [0.29, 0.717) is 6.67 Å². The van der Waals surface area contributed by atoms with Gasteiger partial charge in [-0.2, -0.15) is 0 Å². The van der Waals surface area contributed by atoms with Crippen molar-refractivity contribution in [1.29, 1.82) is 0 Å². The molecule has 0 saturated carbocycles. The summed E-state index contributed by atoms with van der Waals surface area (Å²) in [7, 11) is 0. The van der Waals surface area contributed by atoms with Crippen molar-refractivity contribution in [2.24, 2.45) is 0 Å². The second-order valence-corrected chi connectivity index (χ2v) is 6.90. The summed E-state index contributed by atoms with van der Waals surface area (Å²) in [6, 6.07) is 27.4. The smallest absolute Gasteiger partial charge is 0.178 e. The first kappa shape index (κ1) is 16.5. The third kappa shape index (κ3) is 2.79. The number of aromatic nitrogens is 2. The van der Waals surface area contributed by atoms with Gasteiger partial charge in [-0.25, -0.2) is 9.97 Å². The van der Waals surface area contributed by atoms with Crippen molar-refractivity contribution < 1.29 is 0 Å². The van der Waals surface area contributed by atoms with Gasteiger partial charge >= 0.3 is 0 Å². The highest BCUT2D eigenvalue weighted by atomic mass is 15.4. The minimum absolute atomic E-state index is 0.681. The molecule has 0 aliphatic carbocycles. The van der Waals surface area contributed by atoms with Crippen LogP contribution >= 0.6 is 0 Å². The van der Waals surface area contributed by atoms with Crippen LogP contribution in [-0.2, 0) is 0 Å². The molecule has 0 amide bonds. The second-order valence-electron chi connectivity index (χ2n) is 6.90. The Morgan fingerprint density at radius 1 is 0.679 bits per heavy atom. The van der Waals surface area contributed by atoms with Gasteiger partial charge in [-0.1, -0.05) is 54.6 Å². The van der Waals surface area contributed by atoms with E-state index >= 15 is 0 Å². The standard InChI is InChI=1S/C24H20N4/c1-18-8-5-6-13-22(18)19-9-7-12-21(16-19)28-17-27(20-10-3-2-4-11-20)23-24(28)26-15-14-25-23/h2-16H,17H2,1H3. The highest BCUT2D eigenvalue weighted by Crippen LogP contribution is 2.41. The van der Waals surface area contributed by atoms with Gasteiger partial charge in [0.15, 0.2) is 11.6 Å². The van der Waals surface area contributed by atoms with Crippen molar-refractivity contribution in [2.45, 2.75) is 6.92 Å². The number of para-hydroxylation sites is 1. The lowest BCUT2D eigenvalue weighted by Gasteiger charge is -2.21. The van der Waals surface area contributed by atoms with Crippen LogP contribution in [0.2, 0.25) is 0 Å². The Balaban J connectivity index is 1.57. The number of fused-ring (bicyclic) bond motifs is 1. The van der Waals surface area contributed by atoms with Crippen LogP contribution in [0.25, 0.3) is 11.1 Å². The van der Waals surface area contributed by atoms with E-state index < -0.39 is 0 Å². The summed E-state index contributed by atoms with van der Waals surface area (Å²) >= 11 is 0. The Bertz CT molecular complexity index is 1120. The lowest BCUT2D eigenvalue weighted by molar-refractivity contribution is 0.976. The molecule has 4 nitrogen and oxygen atoms in total. The second kappa shape index (κ2) is 6.82. The lowest BCUT2D eigenvalue weighted by Crippen LogP contribution is -2.24. The molecule has 0 spiro atoms. The van der Waals surface area contributed by atoms with Crippen molar-refractivity contribution in [1.82, 2.24) is 9.97 Å². The number of benzene rings is 3. The molecule has 5 rings (SSSR count). The fourth-order valence-electron chi connectivity index (χ4n) is 3.73. The number of rotatable bonds is 3. The molecule has 1 aromatic heterocycles. The predicted octanol–water partition coefficient (Wildman–Crippen LogP) is 5.70. The van der Waals surface area contributed by atoms with E-state index in [1.54, 1.807) is 12.4 Å². The quantitative estimate of drug-likeness (QED) is 0.467. The van der Waals surface area contributed by atoms with E-state index in [1.165, 1.54) is 16.7 Å². The maximum atomic E-state index is 4.63. The Morgan fingerprint density at radius 3 is 2.07 bits per heavy atom. The fraction of sp³-hybridized carbons (Fsp3) is 0.0833. The molecule has 28 heavy (non-hydrogen) atoms. The molecule has 2 heterocycles. The van der Waals surface area contributed by atoms with E-state index in [2.05, 4.69) is 87.4 Å². The molecule has 3 aromatic carbocycles. The van der Waals surface area contributed by atoms with E-state index in [1.807, 2.05) is 18.2 Å². The van der Waals surface area contributed by atoms with Crippen LogP contribution in [0, 0.1) is 6.92 Å². The zero-order valence-electron chi connectivity index (χ0n) is 15.7. The summed E-state index contributed by atoms with van der Waals surface area (Å²) in [4.78, 5) is 13.7. The van der Waals surface area contributed by atoms with Crippen LogP contribution in [0.4, 0.5) is 23.0 Å². The zero-order valence-corrected chi connectivity index (χ0v) is 15.7. The topological polar surface area (TPSA) is 32.3 Å². The third-order valence-electron chi connectivity index (χ3n) is 5.14. The minimum atomic E-state index is 0.681. The first-order chi connectivity index (χ1) is 13.8. The van der Waals surface area contributed by atoms with Gasteiger partial charge in [0.05, 0.1) is 0 Å².